The molecule has 0 N–H and O–H groups in total. The van der Waals surface area contributed by atoms with Crippen molar-refractivity contribution in [2.45, 2.75) is 12.3 Å². The van der Waals surface area contributed by atoms with Crippen LogP contribution in [0.2, 0.25) is 0 Å². The van der Waals surface area contributed by atoms with Crippen molar-refractivity contribution in [3.8, 4) is 28.6 Å². The first kappa shape index (κ1) is 21.7. The fraction of sp³-hybridized carbons (Fsp3) is 0.0714. The molecule has 1 atom stereocenters. The number of carbonyl (C=O) groups is 1. The van der Waals surface area contributed by atoms with E-state index < -0.39 is 17.7 Å². The van der Waals surface area contributed by atoms with Gasteiger partial charge >= 0.3 is 12.0 Å². The highest BCUT2D eigenvalue weighted by atomic mass is 19.1. The Balaban J connectivity index is 1.46. The third kappa shape index (κ3) is 3.88. The fourth-order valence-electron chi connectivity index (χ4n) is 4.41. The van der Waals surface area contributed by atoms with Crippen LogP contribution in [0.5, 0.6) is 17.5 Å². The fourth-order valence-corrected chi connectivity index (χ4v) is 4.41. The summed E-state index contributed by atoms with van der Waals surface area (Å²) in [7, 11) is 0. The van der Waals surface area contributed by atoms with Gasteiger partial charge in [-0.1, -0.05) is 24.3 Å². The van der Waals surface area contributed by atoms with Crippen LogP contribution in [0.4, 0.5) is 4.39 Å². The van der Waals surface area contributed by atoms with E-state index in [1.165, 1.54) is 30.5 Å². The number of hydrogen-bond acceptors (Lipinski definition) is 7. The maximum Gasteiger partial charge on any atom is 0.321 e. The molecule has 8 heteroatoms. The summed E-state index contributed by atoms with van der Waals surface area (Å²) < 4.78 is 30.6. The Hall–Kier alpha value is -4.85. The van der Waals surface area contributed by atoms with Crippen LogP contribution in [0.15, 0.2) is 94.6 Å². The molecule has 3 aromatic carbocycles. The Morgan fingerprint density at radius 2 is 1.75 bits per heavy atom. The van der Waals surface area contributed by atoms with Gasteiger partial charge in [0.25, 0.3) is 0 Å². The Morgan fingerprint density at radius 1 is 0.944 bits per heavy atom. The lowest BCUT2D eigenvalue weighted by Crippen LogP contribution is -2.22. The minimum Gasteiger partial charge on any atom is -0.463 e. The first-order chi connectivity index (χ1) is 17.6. The number of halogens is 1. The van der Waals surface area contributed by atoms with Gasteiger partial charge in [0, 0.05) is 23.9 Å². The Bertz CT molecular complexity index is 1670. The molecule has 0 aliphatic carbocycles. The summed E-state index contributed by atoms with van der Waals surface area (Å²) in [5.41, 5.74) is 2.30. The standard InChI is InChI=1S/C28H17FN2O5/c29-18-7-5-16(6-8-18)22-15-34-27-20(26(22)33)9-10-23-25(27)21(14-24(32)36-23)17-3-1-4-19(13-17)35-28-30-11-2-12-31-28/h1-13,15,21H,14H2. The van der Waals surface area contributed by atoms with E-state index in [0.717, 1.165) is 5.56 Å². The number of rotatable bonds is 4. The Morgan fingerprint density at radius 3 is 2.56 bits per heavy atom. The zero-order valence-electron chi connectivity index (χ0n) is 18.7. The molecule has 1 aliphatic heterocycles. The number of fused-ring (bicyclic) bond motifs is 3. The summed E-state index contributed by atoms with van der Waals surface area (Å²) in [6.07, 6.45) is 4.57. The van der Waals surface area contributed by atoms with E-state index in [4.69, 9.17) is 13.9 Å². The molecule has 0 saturated carbocycles. The van der Waals surface area contributed by atoms with Gasteiger partial charge in [0.2, 0.25) is 5.43 Å². The topological polar surface area (TPSA) is 91.5 Å². The van der Waals surface area contributed by atoms with Gasteiger partial charge in [-0.2, -0.15) is 0 Å². The Kier molecular flexibility index (Phi) is 5.26. The molecule has 0 amide bonds. The third-order valence-corrected chi connectivity index (χ3v) is 6.05. The zero-order valence-corrected chi connectivity index (χ0v) is 18.7. The van der Waals surface area contributed by atoms with Crippen molar-refractivity contribution in [1.82, 2.24) is 9.97 Å². The Labute approximate surface area is 203 Å². The average Bonchev–Trinajstić information content (AvgIpc) is 2.89. The molecule has 36 heavy (non-hydrogen) atoms. The minimum atomic E-state index is -0.440. The second kappa shape index (κ2) is 8.74. The quantitative estimate of drug-likeness (QED) is 0.243. The molecule has 5 aromatic rings. The lowest BCUT2D eigenvalue weighted by Gasteiger charge is -2.25. The van der Waals surface area contributed by atoms with Crippen molar-refractivity contribution in [1.29, 1.82) is 0 Å². The first-order valence-corrected chi connectivity index (χ1v) is 11.2. The van der Waals surface area contributed by atoms with Gasteiger partial charge in [0.1, 0.15) is 29.2 Å². The second-order valence-electron chi connectivity index (χ2n) is 8.28. The first-order valence-electron chi connectivity index (χ1n) is 11.2. The van der Waals surface area contributed by atoms with Crippen molar-refractivity contribution in [2.75, 3.05) is 0 Å². The largest absolute Gasteiger partial charge is 0.463 e. The summed E-state index contributed by atoms with van der Waals surface area (Å²) in [5.74, 6) is -0.397. The molecule has 0 spiro atoms. The van der Waals surface area contributed by atoms with E-state index in [1.54, 1.807) is 48.8 Å². The van der Waals surface area contributed by atoms with E-state index in [-0.39, 0.29) is 17.9 Å². The van der Waals surface area contributed by atoms with E-state index in [1.807, 2.05) is 6.07 Å². The lowest BCUT2D eigenvalue weighted by molar-refractivity contribution is -0.135. The van der Waals surface area contributed by atoms with Gasteiger partial charge < -0.3 is 13.9 Å². The number of carbonyl (C=O) groups excluding carboxylic acids is 1. The summed E-state index contributed by atoms with van der Waals surface area (Å²) in [5, 5.41) is 0.337. The number of esters is 1. The lowest BCUT2D eigenvalue weighted by atomic mass is 9.85. The second-order valence-corrected chi connectivity index (χ2v) is 8.28. The van der Waals surface area contributed by atoms with Gasteiger partial charge in [0.15, 0.2) is 0 Å². The highest BCUT2D eigenvalue weighted by Crippen LogP contribution is 2.43. The number of nitrogens with zero attached hydrogens (tertiary/aromatic N) is 2. The number of hydrogen-bond donors (Lipinski definition) is 0. The minimum absolute atomic E-state index is 0.0564. The molecule has 3 heterocycles. The summed E-state index contributed by atoms with van der Waals surface area (Å²) in [6, 6.07) is 17.9. The molecule has 1 aliphatic rings. The molecule has 1 unspecified atom stereocenters. The molecule has 176 valence electrons. The van der Waals surface area contributed by atoms with Crippen LogP contribution in [0, 0.1) is 5.82 Å². The highest BCUT2D eigenvalue weighted by molar-refractivity contribution is 5.90. The zero-order chi connectivity index (χ0) is 24.6. The highest BCUT2D eigenvalue weighted by Gasteiger charge is 2.32. The molecule has 6 rings (SSSR count). The van der Waals surface area contributed by atoms with Crippen molar-refractivity contribution in [3.63, 3.8) is 0 Å². The summed E-state index contributed by atoms with van der Waals surface area (Å²) >= 11 is 0. The van der Waals surface area contributed by atoms with Crippen LogP contribution in [0.3, 0.4) is 0 Å². The van der Waals surface area contributed by atoms with E-state index in [2.05, 4.69) is 9.97 Å². The van der Waals surface area contributed by atoms with Crippen LogP contribution in [0.25, 0.3) is 22.1 Å². The molecule has 0 bridgehead atoms. The van der Waals surface area contributed by atoms with Gasteiger partial charge in [0.05, 0.1) is 17.4 Å². The molecular formula is C28H17FN2O5. The van der Waals surface area contributed by atoms with Gasteiger partial charge in [-0.3, -0.25) is 9.59 Å². The maximum absolute atomic E-state index is 13.4. The van der Waals surface area contributed by atoms with Crippen LogP contribution in [-0.4, -0.2) is 15.9 Å². The van der Waals surface area contributed by atoms with Crippen molar-refractivity contribution in [2.24, 2.45) is 0 Å². The van der Waals surface area contributed by atoms with E-state index in [9.17, 15) is 14.0 Å². The monoisotopic (exact) mass is 480 g/mol. The van der Waals surface area contributed by atoms with Crippen molar-refractivity contribution >= 4 is 16.9 Å². The van der Waals surface area contributed by atoms with Crippen LogP contribution in [0.1, 0.15) is 23.5 Å². The van der Waals surface area contributed by atoms with E-state index >= 15 is 0 Å². The van der Waals surface area contributed by atoms with Crippen molar-refractivity contribution in [3.05, 3.63) is 113 Å². The van der Waals surface area contributed by atoms with Gasteiger partial charge in [-0.05, 0) is 53.6 Å². The number of ether oxygens (including phenoxy) is 2. The third-order valence-electron chi connectivity index (χ3n) is 6.05. The average molecular weight is 480 g/mol. The normalized spacial score (nSPS) is 14.8. The number of benzene rings is 3. The molecule has 0 radical (unpaired) electrons. The van der Waals surface area contributed by atoms with Gasteiger partial charge in [-0.25, -0.2) is 14.4 Å². The van der Waals surface area contributed by atoms with Crippen LogP contribution >= 0.6 is 0 Å². The predicted molar refractivity (Wildman–Crippen MR) is 129 cm³/mol. The molecule has 7 nitrogen and oxygen atoms in total. The molecule has 0 saturated heterocycles. The van der Waals surface area contributed by atoms with Gasteiger partial charge in [-0.15, -0.1) is 0 Å². The summed E-state index contributed by atoms with van der Waals surface area (Å²) in [6.45, 7) is 0. The van der Waals surface area contributed by atoms with Crippen LogP contribution < -0.4 is 14.9 Å². The predicted octanol–water partition coefficient (Wildman–Crippen LogP) is 5.62. The summed E-state index contributed by atoms with van der Waals surface area (Å²) in [4.78, 5) is 34.0. The molecular weight excluding hydrogens is 463 g/mol. The SMILES string of the molecule is O=C1CC(c2cccc(Oc3ncccn3)c2)c2c(ccc3c(=O)c(-c4ccc(F)cc4)coc23)O1. The maximum atomic E-state index is 13.4. The molecule has 0 fully saturated rings. The van der Waals surface area contributed by atoms with Crippen molar-refractivity contribution < 1.29 is 23.1 Å². The smallest absolute Gasteiger partial charge is 0.321 e. The van der Waals surface area contributed by atoms with E-state index in [0.29, 0.717) is 39.2 Å². The molecule has 2 aromatic heterocycles. The van der Waals surface area contributed by atoms with Crippen LogP contribution in [-0.2, 0) is 4.79 Å². The number of aromatic nitrogens is 2.